The first-order valence-corrected chi connectivity index (χ1v) is 5.95. The van der Waals surface area contributed by atoms with Crippen LogP contribution in [0.5, 0.6) is 5.75 Å². The van der Waals surface area contributed by atoms with Crippen molar-refractivity contribution in [2.75, 3.05) is 5.73 Å². The van der Waals surface area contributed by atoms with E-state index in [1.165, 1.54) is 6.07 Å². The summed E-state index contributed by atoms with van der Waals surface area (Å²) >= 11 is 0. The number of nitrogen functional groups attached to an aromatic ring is 1. The van der Waals surface area contributed by atoms with Crippen LogP contribution in [0, 0.1) is 5.82 Å². The molecule has 2 N–H and O–H groups in total. The van der Waals surface area contributed by atoms with Crippen molar-refractivity contribution in [2.24, 2.45) is 0 Å². The van der Waals surface area contributed by atoms with Gasteiger partial charge in [-0.1, -0.05) is 31.2 Å². The third kappa shape index (κ3) is 2.80. The molecule has 2 aromatic carbocycles. The maximum Gasteiger partial charge on any atom is 0.142 e. The second kappa shape index (κ2) is 5.54. The predicted octanol–water partition coefficient (Wildman–Crippen LogP) is 3.55. The van der Waals surface area contributed by atoms with Gasteiger partial charge < -0.3 is 10.5 Å². The van der Waals surface area contributed by atoms with E-state index in [1.54, 1.807) is 18.2 Å². The van der Waals surface area contributed by atoms with Crippen molar-refractivity contribution in [2.45, 2.75) is 20.0 Å². The summed E-state index contributed by atoms with van der Waals surface area (Å²) < 4.78 is 18.9. The van der Waals surface area contributed by atoms with Crippen LogP contribution in [0.2, 0.25) is 0 Å². The van der Waals surface area contributed by atoms with Gasteiger partial charge in [-0.3, -0.25) is 0 Å². The maximum absolute atomic E-state index is 13.4. The Bertz CT molecular complexity index is 540. The molecular formula is C15H16FNO. The maximum atomic E-state index is 13.4. The number of halogens is 1. The van der Waals surface area contributed by atoms with Crippen LogP contribution in [-0.4, -0.2) is 0 Å². The summed E-state index contributed by atoms with van der Waals surface area (Å²) in [5.41, 5.74) is 8.15. The SMILES string of the molecule is CCc1ccc(OCc2ccccc2F)c(N)c1. The molecule has 0 aromatic heterocycles. The van der Waals surface area contributed by atoms with Crippen molar-refractivity contribution in [3.63, 3.8) is 0 Å². The summed E-state index contributed by atoms with van der Waals surface area (Å²) in [7, 11) is 0. The fourth-order valence-electron chi connectivity index (χ4n) is 1.72. The highest BCUT2D eigenvalue weighted by atomic mass is 19.1. The average Bonchev–Trinajstić information content (AvgIpc) is 2.39. The number of nitrogens with two attached hydrogens (primary N) is 1. The van der Waals surface area contributed by atoms with Gasteiger partial charge in [0.05, 0.1) is 5.69 Å². The largest absolute Gasteiger partial charge is 0.487 e. The molecule has 0 unspecified atom stereocenters. The molecule has 0 aliphatic carbocycles. The molecule has 0 saturated carbocycles. The number of rotatable bonds is 4. The van der Waals surface area contributed by atoms with Gasteiger partial charge in [0, 0.05) is 5.56 Å². The Morgan fingerprint density at radius 1 is 1.17 bits per heavy atom. The van der Waals surface area contributed by atoms with Crippen molar-refractivity contribution in [1.82, 2.24) is 0 Å². The quantitative estimate of drug-likeness (QED) is 0.836. The van der Waals surface area contributed by atoms with Crippen molar-refractivity contribution in [1.29, 1.82) is 0 Å². The number of hydrogen-bond acceptors (Lipinski definition) is 2. The minimum atomic E-state index is -0.263. The summed E-state index contributed by atoms with van der Waals surface area (Å²) in [6, 6.07) is 12.2. The first kappa shape index (κ1) is 12.4. The highest BCUT2D eigenvalue weighted by Gasteiger charge is 2.04. The Kier molecular flexibility index (Phi) is 3.82. The summed E-state index contributed by atoms with van der Waals surface area (Å²) in [5, 5.41) is 0. The topological polar surface area (TPSA) is 35.2 Å². The monoisotopic (exact) mass is 245 g/mol. The second-order valence-corrected chi connectivity index (χ2v) is 4.11. The second-order valence-electron chi connectivity index (χ2n) is 4.11. The van der Waals surface area contributed by atoms with E-state index in [4.69, 9.17) is 10.5 Å². The lowest BCUT2D eigenvalue weighted by molar-refractivity contribution is 0.301. The van der Waals surface area contributed by atoms with E-state index in [-0.39, 0.29) is 12.4 Å². The van der Waals surface area contributed by atoms with Crippen LogP contribution in [-0.2, 0) is 13.0 Å². The van der Waals surface area contributed by atoms with Crippen LogP contribution in [0.1, 0.15) is 18.1 Å². The van der Waals surface area contributed by atoms with Gasteiger partial charge >= 0.3 is 0 Å². The van der Waals surface area contributed by atoms with Crippen LogP contribution < -0.4 is 10.5 Å². The lowest BCUT2D eigenvalue weighted by Gasteiger charge is -2.10. The Labute approximate surface area is 106 Å². The standard InChI is InChI=1S/C15H16FNO/c1-2-11-7-8-15(14(17)9-11)18-10-12-5-3-4-6-13(12)16/h3-9H,2,10,17H2,1H3. The van der Waals surface area contributed by atoms with Crippen molar-refractivity contribution in [3.8, 4) is 5.75 Å². The molecule has 0 bridgehead atoms. The molecule has 0 aliphatic rings. The highest BCUT2D eigenvalue weighted by molar-refractivity contribution is 5.54. The summed E-state index contributed by atoms with van der Waals surface area (Å²) in [4.78, 5) is 0. The van der Waals surface area contributed by atoms with E-state index in [1.807, 2.05) is 18.2 Å². The molecule has 0 heterocycles. The Balaban J connectivity index is 2.09. The van der Waals surface area contributed by atoms with E-state index in [9.17, 15) is 4.39 Å². The summed E-state index contributed by atoms with van der Waals surface area (Å²) in [6.07, 6.45) is 0.928. The third-order valence-electron chi connectivity index (χ3n) is 2.82. The Morgan fingerprint density at radius 2 is 1.94 bits per heavy atom. The van der Waals surface area contributed by atoms with E-state index in [0.29, 0.717) is 17.0 Å². The molecule has 2 rings (SSSR count). The molecule has 18 heavy (non-hydrogen) atoms. The van der Waals surface area contributed by atoms with Gasteiger partial charge in [0.1, 0.15) is 18.2 Å². The fourth-order valence-corrected chi connectivity index (χ4v) is 1.72. The molecule has 0 amide bonds. The van der Waals surface area contributed by atoms with Gasteiger partial charge in [0.2, 0.25) is 0 Å². The zero-order valence-electron chi connectivity index (χ0n) is 10.3. The lowest BCUT2D eigenvalue weighted by Crippen LogP contribution is -2.01. The number of anilines is 1. The molecule has 0 radical (unpaired) electrons. The Morgan fingerprint density at radius 3 is 2.61 bits per heavy atom. The third-order valence-corrected chi connectivity index (χ3v) is 2.82. The van der Waals surface area contributed by atoms with E-state index >= 15 is 0 Å². The highest BCUT2D eigenvalue weighted by Crippen LogP contribution is 2.24. The molecular weight excluding hydrogens is 229 g/mol. The van der Waals surface area contributed by atoms with Gasteiger partial charge in [-0.15, -0.1) is 0 Å². The molecule has 0 spiro atoms. The van der Waals surface area contributed by atoms with Gasteiger partial charge in [0.25, 0.3) is 0 Å². The van der Waals surface area contributed by atoms with Crippen LogP contribution in [0.3, 0.4) is 0 Å². The number of ether oxygens (including phenoxy) is 1. The van der Waals surface area contributed by atoms with Crippen LogP contribution in [0.15, 0.2) is 42.5 Å². The molecule has 3 heteroatoms. The van der Waals surface area contributed by atoms with Gasteiger partial charge in [0.15, 0.2) is 0 Å². The van der Waals surface area contributed by atoms with Gasteiger partial charge in [-0.05, 0) is 30.2 Å². The van der Waals surface area contributed by atoms with E-state index in [0.717, 1.165) is 12.0 Å². The minimum absolute atomic E-state index is 0.183. The first-order valence-electron chi connectivity index (χ1n) is 5.95. The van der Waals surface area contributed by atoms with Crippen LogP contribution in [0.25, 0.3) is 0 Å². The normalized spacial score (nSPS) is 10.3. The number of benzene rings is 2. The minimum Gasteiger partial charge on any atom is -0.487 e. The smallest absolute Gasteiger partial charge is 0.142 e. The first-order chi connectivity index (χ1) is 8.70. The van der Waals surface area contributed by atoms with Crippen molar-refractivity contribution >= 4 is 5.69 Å². The van der Waals surface area contributed by atoms with Crippen molar-refractivity contribution in [3.05, 3.63) is 59.4 Å². The van der Waals surface area contributed by atoms with Crippen molar-refractivity contribution < 1.29 is 9.13 Å². The number of aryl methyl sites for hydroxylation is 1. The zero-order chi connectivity index (χ0) is 13.0. The van der Waals surface area contributed by atoms with E-state index in [2.05, 4.69) is 6.92 Å². The zero-order valence-corrected chi connectivity index (χ0v) is 10.3. The molecule has 2 nitrogen and oxygen atoms in total. The molecule has 94 valence electrons. The molecule has 0 saturated heterocycles. The summed E-state index contributed by atoms with van der Waals surface area (Å²) in [6.45, 7) is 2.25. The van der Waals surface area contributed by atoms with Gasteiger partial charge in [-0.25, -0.2) is 4.39 Å². The van der Waals surface area contributed by atoms with Crippen LogP contribution in [0.4, 0.5) is 10.1 Å². The Hall–Kier alpha value is -2.03. The number of hydrogen-bond donors (Lipinski definition) is 1. The van der Waals surface area contributed by atoms with E-state index < -0.39 is 0 Å². The van der Waals surface area contributed by atoms with Gasteiger partial charge in [-0.2, -0.15) is 0 Å². The fraction of sp³-hybridized carbons (Fsp3) is 0.200. The summed E-state index contributed by atoms with van der Waals surface area (Å²) in [5.74, 6) is 0.330. The average molecular weight is 245 g/mol. The molecule has 0 atom stereocenters. The molecule has 0 fully saturated rings. The molecule has 2 aromatic rings. The molecule has 0 aliphatic heterocycles. The van der Waals surface area contributed by atoms with Crippen LogP contribution >= 0.6 is 0 Å². The lowest BCUT2D eigenvalue weighted by atomic mass is 10.1. The predicted molar refractivity (Wildman–Crippen MR) is 71.0 cm³/mol.